The van der Waals surface area contributed by atoms with Crippen LogP contribution < -0.4 is 11.1 Å². The zero-order chi connectivity index (χ0) is 15.2. The Bertz CT molecular complexity index is 601. The molecule has 6 heteroatoms. The molecule has 4 nitrogen and oxygen atoms in total. The molecule has 1 unspecified atom stereocenters. The first-order valence-electron chi connectivity index (χ1n) is 6.44. The van der Waals surface area contributed by atoms with E-state index in [2.05, 4.69) is 10.3 Å². The van der Waals surface area contributed by atoms with Crippen LogP contribution >= 0.6 is 11.6 Å². The number of carbonyl (C=O) groups excluding carboxylic acids is 1. The van der Waals surface area contributed by atoms with Gasteiger partial charge in [-0.05, 0) is 36.2 Å². The van der Waals surface area contributed by atoms with Crippen LogP contribution in [0.25, 0.3) is 0 Å². The van der Waals surface area contributed by atoms with E-state index in [0.717, 1.165) is 5.56 Å². The van der Waals surface area contributed by atoms with Gasteiger partial charge in [0.25, 0.3) is 0 Å². The van der Waals surface area contributed by atoms with Crippen molar-refractivity contribution in [2.75, 3.05) is 11.9 Å². The molecule has 1 heterocycles. The Hall–Kier alpha value is -2.14. The fraction of sp³-hybridized carbons (Fsp3) is 0.200. The van der Waals surface area contributed by atoms with Crippen LogP contribution in [-0.4, -0.2) is 17.4 Å². The van der Waals surface area contributed by atoms with Gasteiger partial charge in [-0.25, -0.2) is 9.37 Å². The van der Waals surface area contributed by atoms with E-state index in [-0.39, 0.29) is 5.82 Å². The van der Waals surface area contributed by atoms with Crippen molar-refractivity contribution >= 4 is 23.3 Å². The Balaban J connectivity index is 1.97. The van der Waals surface area contributed by atoms with E-state index >= 15 is 0 Å². The molecular weight excluding hydrogens is 293 g/mol. The van der Waals surface area contributed by atoms with Crippen molar-refractivity contribution in [3.8, 4) is 0 Å². The number of hydrogen-bond acceptors (Lipinski definition) is 3. The number of carbonyl (C=O) groups is 1. The second kappa shape index (κ2) is 7.04. The van der Waals surface area contributed by atoms with Crippen LogP contribution in [0.2, 0.25) is 5.02 Å². The molecule has 1 aromatic carbocycles. The predicted molar refractivity (Wildman–Crippen MR) is 80.5 cm³/mol. The molecule has 0 aliphatic rings. The second-order valence-corrected chi connectivity index (χ2v) is 5.11. The van der Waals surface area contributed by atoms with Crippen LogP contribution in [0, 0.1) is 11.7 Å². The molecule has 1 amide bonds. The van der Waals surface area contributed by atoms with Gasteiger partial charge in [-0.1, -0.05) is 23.7 Å². The molecule has 0 aliphatic heterocycles. The van der Waals surface area contributed by atoms with E-state index in [4.69, 9.17) is 17.3 Å². The Morgan fingerprint density at radius 3 is 2.57 bits per heavy atom. The minimum absolute atomic E-state index is 0.308. The standard InChI is InChI=1S/C15H15ClFN3O/c16-12-3-6-14(20-9-12)19-8-11(15(18)21)7-10-1-4-13(17)5-2-10/h1-6,9,11H,7-8H2,(H2,18,21)(H,19,20). The SMILES string of the molecule is NC(=O)C(CNc1ccc(Cl)cn1)Cc1ccc(F)cc1. The number of nitrogens with two attached hydrogens (primary N) is 1. The third-order valence-electron chi connectivity index (χ3n) is 3.05. The third-order valence-corrected chi connectivity index (χ3v) is 3.28. The molecular formula is C15H15ClFN3O. The summed E-state index contributed by atoms with van der Waals surface area (Å²) in [4.78, 5) is 15.6. The highest BCUT2D eigenvalue weighted by molar-refractivity contribution is 6.30. The number of benzene rings is 1. The molecule has 0 fully saturated rings. The fourth-order valence-electron chi connectivity index (χ4n) is 1.89. The molecule has 2 aromatic rings. The van der Waals surface area contributed by atoms with Gasteiger partial charge in [0.1, 0.15) is 11.6 Å². The number of rotatable bonds is 6. The van der Waals surface area contributed by atoms with E-state index in [0.29, 0.717) is 23.8 Å². The molecule has 1 aromatic heterocycles. The van der Waals surface area contributed by atoms with Crippen molar-refractivity contribution in [1.82, 2.24) is 4.98 Å². The third kappa shape index (κ3) is 4.72. The van der Waals surface area contributed by atoms with Crippen molar-refractivity contribution in [3.05, 3.63) is 59.0 Å². The maximum Gasteiger partial charge on any atom is 0.222 e. The van der Waals surface area contributed by atoms with Crippen LogP contribution in [0.5, 0.6) is 0 Å². The average Bonchev–Trinajstić information content (AvgIpc) is 2.47. The van der Waals surface area contributed by atoms with Gasteiger partial charge >= 0.3 is 0 Å². The molecule has 110 valence electrons. The van der Waals surface area contributed by atoms with E-state index in [1.54, 1.807) is 24.3 Å². The van der Waals surface area contributed by atoms with Crippen molar-refractivity contribution < 1.29 is 9.18 Å². The van der Waals surface area contributed by atoms with E-state index in [1.807, 2.05) is 0 Å². The zero-order valence-electron chi connectivity index (χ0n) is 11.2. The number of hydrogen-bond donors (Lipinski definition) is 2. The van der Waals surface area contributed by atoms with Crippen molar-refractivity contribution in [1.29, 1.82) is 0 Å². The molecule has 3 N–H and O–H groups in total. The van der Waals surface area contributed by atoms with Crippen molar-refractivity contribution in [2.24, 2.45) is 11.7 Å². The summed E-state index contributed by atoms with van der Waals surface area (Å²) in [6.45, 7) is 0.349. The summed E-state index contributed by atoms with van der Waals surface area (Å²) in [5.41, 5.74) is 6.26. The van der Waals surface area contributed by atoms with Gasteiger partial charge in [0.2, 0.25) is 5.91 Å². The van der Waals surface area contributed by atoms with Gasteiger partial charge in [-0.2, -0.15) is 0 Å². The summed E-state index contributed by atoms with van der Waals surface area (Å²) in [7, 11) is 0. The number of primary amides is 1. The highest BCUT2D eigenvalue weighted by Crippen LogP contribution is 2.13. The van der Waals surface area contributed by atoms with Crippen LogP contribution in [0.15, 0.2) is 42.6 Å². The average molecular weight is 308 g/mol. The fourth-order valence-corrected chi connectivity index (χ4v) is 2.00. The van der Waals surface area contributed by atoms with Gasteiger partial charge in [0.05, 0.1) is 10.9 Å². The van der Waals surface area contributed by atoms with E-state index in [1.165, 1.54) is 18.3 Å². The molecule has 0 aliphatic carbocycles. The van der Waals surface area contributed by atoms with Crippen LogP contribution in [-0.2, 0) is 11.2 Å². The summed E-state index contributed by atoms with van der Waals surface area (Å²) < 4.78 is 12.9. The monoisotopic (exact) mass is 307 g/mol. The lowest BCUT2D eigenvalue weighted by atomic mass is 9.98. The van der Waals surface area contributed by atoms with E-state index < -0.39 is 11.8 Å². The first-order chi connectivity index (χ1) is 10.0. The molecule has 0 saturated carbocycles. The second-order valence-electron chi connectivity index (χ2n) is 4.67. The topological polar surface area (TPSA) is 68.0 Å². The van der Waals surface area contributed by atoms with Crippen LogP contribution in [0.3, 0.4) is 0 Å². The maximum atomic E-state index is 12.9. The lowest BCUT2D eigenvalue weighted by molar-refractivity contribution is -0.121. The van der Waals surface area contributed by atoms with Gasteiger partial charge in [0.15, 0.2) is 0 Å². The number of halogens is 2. The van der Waals surface area contributed by atoms with Gasteiger partial charge in [0, 0.05) is 12.7 Å². The van der Waals surface area contributed by atoms with Crippen molar-refractivity contribution in [3.63, 3.8) is 0 Å². The minimum atomic E-state index is -0.416. The first-order valence-corrected chi connectivity index (χ1v) is 6.81. The number of anilines is 1. The molecule has 21 heavy (non-hydrogen) atoms. The molecule has 0 bridgehead atoms. The normalized spacial score (nSPS) is 11.9. The highest BCUT2D eigenvalue weighted by atomic mass is 35.5. The van der Waals surface area contributed by atoms with Crippen LogP contribution in [0.1, 0.15) is 5.56 Å². The van der Waals surface area contributed by atoms with Gasteiger partial charge in [-0.3, -0.25) is 4.79 Å². The van der Waals surface area contributed by atoms with Gasteiger partial charge in [-0.15, -0.1) is 0 Å². The Morgan fingerprint density at radius 1 is 1.29 bits per heavy atom. The predicted octanol–water partition coefficient (Wildman–Crippen LogP) is 2.63. The number of amides is 1. The zero-order valence-corrected chi connectivity index (χ0v) is 12.0. The number of aromatic nitrogens is 1. The number of nitrogens with zero attached hydrogens (tertiary/aromatic N) is 1. The quantitative estimate of drug-likeness (QED) is 0.862. The van der Waals surface area contributed by atoms with Gasteiger partial charge < -0.3 is 11.1 Å². The molecule has 2 rings (SSSR count). The summed E-state index contributed by atoms with van der Waals surface area (Å²) in [5.74, 6) is -0.517. The molecule has 0 radical (unpaired) electrons. The minimum Gasteiger partial charge on any atom is -0.369 e. The summed E-state index contributed by atoms with van der Waals surface area (Å²) in [5, 5.41) is 3.58. The first kappa shape index (κ1) is 15.3. The summed E-state index contributed by atoms with van der Waals surface area (Å²) in [6, 6.07) is 9.44. The molecule has 0 spiro atoms. The lowest BCUT2D eigenvalue weighted by Gasteiger charge is -2.15. The lowest BCUT2D eigenvalue weighted by Crippen LogP contribution is -2.31. The van der Waals surface area contributed by atoms with Crippen LogP contribution in [0.4, 0.5) is 10.2 Å². The highest BCUT2D eigenvalue weighted by Gasteiger charge is 2.16. The Labute approximate surface area is 127 Å². The maximum absolute atomic E-state index is 12.9. The number of pyridine rings is 1. The molecule has 0 saturated heterocycles. The number of nitrogens with one attached hydrogen (secondary N) is 1. The van der Waals surface area contributed by atoms with Crippen molar-refractivity contribution in [2.45, 2.75) is 6.42 Å². The Kier molecular flexibility index (Phi) is 5.11. The smallest absolute Gasteiger partial charge is 0.222 e. The van der Waals surface area contributed by atoms with E-state index in [9.17, 15) is 9.18 Å². The largest absolute Gasteiger partial charge is 0.369 e. The Morgan fingerprint density at radius 2 is 2.00 bits per heavy atom. The molecule has 1 atom stereocenters. The summed E-state index contributed by atoms with van der Waals surface area (Å²) >= 11 is 5.75. The summed E-state index contributed by atoms with van der Waals surface area (Å²) in [6.07, 6.45) is 1.96.